The number of thiocarbonyl (C=S) groups is 1. The first-order valence-electron chi connectivity index (χ1n) is 4.55. The molecule has 1 nitrogen and oxygen atoms in total. The van der Waals surface area contributed by atoms with Gasteiger partial charge < -0.3 is 5.73 Å². The van der Waals surface area contributed by atoms with Crippen molar-refractivity contribution in [3.05, 3.63) is 34.3 Å². The molecule has 0 aliphatic carbocycles. The first-order chi connectivity index (χ1) is 6.50. The average molecular weight is 228 g/mol. The molecule has 0 fully saturated rings. The number of rotatable bonds is 3. The predicted molar refractivity (Wildman–Crippen MR) is 66.0 cm³/mol. The summed E-state index contributed by atoms with van der Waals surface area (Å²) in [7, 11) is 0. The lowest BCUT2D eigenvalue weighted by molar-refractivity contribution is 0.806. The summed E-state index contributed by atoms with van der Waals surface area (Å²) in [5, 5.41) is 0.802. The lowest BCUT2D eigenvalue weighted by Gasteiger charge is -2.11. The Balaban J connectivity index is 2.85. The maximum absolute atomic E-state index is 5.94. The second-order valence-corrected chi connectivity index (χ2v) is 4.51. The van der Waals surface area contributed by atoms with Crippen LogP contribution in [0.4, 0.5) is 0 Å². The van der Waals surface area contributed by atoms with Crippen molar-refractivity contribution < 1.29 is 0 Å². The molecule has 0 saturated heterocycles. The molecule has 14 heavy (non-hydrogen) atoms. The van der Waals surface area contributed by atoms with E-state index in [0.717, 1.165) is 17.0 Å². The van der Waals surface area contributed by atoms with Crippen LogP contribution >= 0.6 is 23.8 Å². The minimum Gasteiger partial charge on any atom is -0.393 e. The molecular formula is C11H14ClNS. The van der Waals surface area contributed by atoms with Gasteiger partial charge in [0.05, 0.1) is 4.99 Å². The fourth-order valence-electron chi connectivity index (χ4n) is 1.39. The molecule has 0 heterocycles. The van der Waals surface area contributed by atoms with Gasteiger partial charge in [-0.3, -0.25) is 0 Å². The summed E-state index contributed by atoms with van der Waals surface area (Å²) in [4.78, 5) is 0.560. The summed E-state index contributed by atoms with van der Waals surface area (Å²) in [6, 6.07) is 6.03. The number of nitrogens with two attached hydrogens (primary N) is 1. The largest absolute Gasteiger partial charge is 0.393 e. The fraction of sp³-hybridized carbons (Fsp3) is 0.364. The second-order valence-electron chi connectivity index (χ2n) is 3.58. The maximum Gasteiger partial charge on any atom is 0.0733 e. The Morgan fingerprint density at radius 1 is 1.57 bits per heavy atom. The van der Waals surface area contributed by atoms with E-state index in [1.807, 2.05) is 19.1 Å². The molecule has 0 aliphatic heterocycles. The lowest BCUT2D eigenvalue weighted by atomic mass is 9.96. The number of benzene rings is 1. The Labute approximate surface area is 95.3 Å². The summed E-state index contributed by atoms with van der Waals surface area (Å²) in [5.41, 5.74) is 7.84. The molecule has 0 radical (unpaired) electrons. The van der Waals surface area contributed by atoms with E-state index in [-0.39, 0.29) is 0 Å². The molecule has 0 aromatic heterocycles. The highest BCUT2D eigenvalue weighted by Gasteiger charge is 2.07. The Morgan fingerprint density at radius 2 is 2.21 bits per heavy atom. The molecule has 1 unspecified atom stereocenters. The highest BCUT2D eigenvalue weighted by molar-refractivity contribution is 7.80. The van der Waals surface area contributed by atoms with Crippen molar-refractivity contribution in [2.75, 3.05) is 0 Å². The third-order valence-electron chi connectivity index (χ3n) is 2.26. The first kappa shape index (κ1) is 11.5. The standard InChI is InChI=1S/C11H14ClNS/c1-7(6-11(13)14)9-3-4-10(12)8(2)5-9/h3-5,7H,6H2,1-2H3,(H2,13,14). The van der Waals surface area contributed by atoms with Crippen LogP contribution in [0.25, 0.3) is 0 Å². The summed E-state index contributed by atoms with van der Waals surface area (Å²) in [5.74, 6) is 0.364. The number of halogens is 1. The van der Waals surface area contributed by atoms with E-state index in [0.29, 0.717) is 10.9 Å². The summed E-state index contributed by atoms with van der Waals surface area (Å²) < 4.78 is 0. The maximum atomic E-state index is 5.94. The quantitative estimate of drug-likeness (QED) is 0.801. The summed E-state index contributed by atoms with van der Waals surface area (Å²) in [6.07, 6.45) is 0.746. The minimum absolute atomic E-state index is 0.364. The van der Waals surface area contributed by atoms with Crippen LogP contribution in [0.3, 0.4) is 0 Å². The van der Waals surface area contributed by atoms with Gasteiger partial charge in [-0.05, 0) is 30.0 Å². The van der Waals surface area contributed by atoms with Crippen molar-refractivity contribution in [2.45, 2.75) is 26.2 Å². The topological polar surface area (TPSA) is 26.0 Å². The van der Waals surface area contributed by atoms with Gasteiger partial charge in [-0.25, -0.2) is 0 Å². The van der Waals surface area contributed by atoms with Crippen LogP contribution in [-0.4, -0.2) is 4.99 Å². The number of hydrogen-bond acceptors (Lipinski definition) is 1. The molecule has 1 aromatic rings. The average Bonchev–Trinajstić information content (AvgIpc) is 2.08. The zero-order chi connectivity index (χ0) is 10.7. The van der Waals surface area contributed by atoms with Crippen LogP contribution in [0.1, 0.15) is 30.4 Å². The van der Waals surface area contributed by atoms with E-state index in [2.05, 4.69) is 13.0 Å². The van der Waals surface area contributed by atoms with Crippen LogP contribution in [0.15, 0.2) is 18.2 Å². The molecule has 76 valence electrons. The monoisotopic (exact) mass is 227 g/mol. The van der Waals surface area contributed by atoms with E-state index in [4.69, 9.17) is 29.6 Å². The van der Waals surface area contributed by atoms with E-state index in [9.17, 15) is 0 Å². The zero-order valence-corrected chi connectivity index (χ0v) is 9.95. The number of hydrogen-bond donors (Lipinski definition) is 1. The second kappa shape index (κ2) is 4.76. The van der Waals surface area contributed by atoms with Crippen LogP contribution in [-0.2, 0) is 0 Å². The molecule has 3 heteroatoms. The molecule has 0 bridgehead atoms. The smallest absolute Gasteiger partial charge is 0.0733 e. The Kier molecular flexibility index (Phi) is 3.90. The van der Waals surface area contributed by atoms with Crippen molar-refractivity contribution in [2.24, 2.45) is 5.73 Å². The van der Waals surface area contributed by atoms with Crippen molar-refractivity contribution in [3.8, 4) is 0 Å². The third kappa shape index (κ3) is 2.96. The van der Waals surface area contributed by atoms with Gasteiger partial charge in [0.15, 0.2) is 0 Å². The Hall–Kier alpha value is -0.600. The minimum atomic E-state index is 0.364. The van der Waals surface area contributed by atoms with Gasteiger partial charge >= 0.3 is 0 Å². The molecular weight excluding hydrogens is 214 g/mol. The van der Waals surface area contributed by atoms with Crippen LogP contribution in [0, 0.1) is 6.92 Å². The summed E-state index contributed by atoms with van der Waals surface area (Å²) in [6.45, 7) is 4.11. The van der Waals surface area contributed by atoms with Crippen molar-refractivity contribution in [1.82, 2.24) is 0 Å². The van der Waals surface area contributed by atoms with E-state index in [1.54, 1.807) is 0 Å². The molecule has 0 saturated carbocycles. The van der Waals surface area contributed by atoms with Crippen LogP contribution < -0.4 is 5.73 Å². The SMILES string of the molecule is Cc1cc(C(C)CC(N)=S)ccc1Cl. The zero-order valence-electron chi connectivity index (χ0n) is 8.38. The fourth-order valence-corrected chi connectivity index (χ4v) is 1.76. The highest BCUT2D eigenvalue weighted by atomic mass is 35.5. The van der Waals surface area contributed by atoms with Gasteiger partial charge in [-0.1, -0.05) is 42.9 Å². The van der Waals surface area contributed by atoms with Crippen molar-refractivity contribution >= 4 is 28.8 Å². The van der Waals surface area contributed by atoms with E-state index in [1.165, 1.54) is 5.56 Å². The lowest BCUT2D eigenvalue weighted by Crippen LogP contribution is -2.11. The Bertz CT molecular complexity index is 349. The molecule has 2 N–H and O–H groups in total. The van der Waals surface area contributed by atoms with E-state index >= 15 is 0 Å². The van der Waals surface area contributed by atoms with Gasteiger partial charge in [0, 0.05) is 11.4 Å². The third-order valence-corrected chi connectivity index (χ3v) is 2.85. The van der Waals surface area contributed by atoms with Gasteiger partial charge in [0.25, 0.3) is 0 Å². The number of aryl methyl sites for hydroxylation is 1. The van der Waals surface area contributed by atoms with Gasteiger partial charge in [-0.2, -0.15) is 0 Å². The van der Waals surface area contributed by atoms with Gasteiger partial charge in [0.2, 0.25) is 0 Å². The first-order valence-corrected chi connectivity index (χ1v) is 5.33. The molecule has 1 rings (SSSR count). The molecule has 0 aliphatic rings. The molecule has 0 spiro atoms. The molecule has 0 amide bonds. The van der Waals surface area contributed by atoms with Crippen molar-refractivity contribution in [1.29, 1.82) is 0 Å². The van der Waals surface area contributed by atoms with Gasteiger partial charge in [0.1, 0.15) is 0 Å². The molecule has 1 aromatic carbocycles. The highest BCUT2D eigenvalue weighted by Crippen LogP contribution is 2.23. The van der Waals surface area contributed by atoms with E-state index < -0.39 is 0 Å². The van der Waals surface area contributed by atoms with Gasteiger partial charge in [-0.15, -0.1) is 0 Å². The normalized spacial score (nSPS) is 12.5. The summed E-state index contributed by atoms with van der Waals surface area (Å²) >= 11 is 10.8. The predicted octanol–water partition coefficient (Wildman–Crippen LogP) is 3.43. The Morgan fingerprint density at radius 3 is 2.71 bits per heavy atom. The van der Waals surface area contributed by atoms with Crippen LogP contribution in [0.2, 0.25) is 5.02 Å². The van der Waals surface area contributed by atoms with Crippen molar-refractivity contribution in [3.63, 3.8) is 0 Å². The van der Waals surface area contributed by atoms with Crippen LogP contribution in [0.5, 0.6) is 0 Å². The molecule has 1 atom stereocenters.